The predicted octanol–water partition coefficient (Wildman–Crippen LogP) is 1.42. The lowest BCUT2D eigenvalue weighted by Gasteiger charge is -2.09. The van der Waals surface area contributed by atoms with Crippen molar-refractivity contribution in [1.82, 2.24) is 21.3 Å². The van der Waals surface area contributed by atoms with Gasteiger partial charge in [0.25, 0.3) is 0 Å². The van der Waals surface area contributed by atoms with Crippen LogP contribution in [0.1, 0.15) is 22.3 Å². The highest BCUT2D eigenvalue weighted by molar-refractivity contribution is 6.35. The second kappa shape index (κ2) is 11.9. The lowest BCUT2D eigenvalue weighted by atomic mass is 10.1. The number of hydrogen-bond acceptors (Lipinski definition) is 4. The third-order valence-electron chi connectivity index (χ3n) is 4.20. The molecule has 150 valence electrons. The third-order valence-corrected chi connectivity index (χ3v) is 4.20. The SMILES string of the molecule is Cc1cccc(CNCCNC(=O)C(=O)NCCNCc2cccc(C)c2)c1. The fourth-order valence-electron chi connectivity index (χ4n) is 2.80. The van der Waals surface area contributed by atoms with Crippen LogP contribution in [-0.4, -0.2) is 38.0 Å². The number of amides is 2. The van der Waals surface area contributed by atoms with Crippen molar-refractivity contribution >= 4 is 11.8 Å². The number of carbonyl (C=O) groups is 2. The van der Waals surface area contributed by atoms with Crippen molar-refractivity contribution in [2.75, 3.05) is 26.2 Å². The summed E-state index contributed by atoms with van der Waals surface area (Å²) in [6.45, 7) is 7.59. The van der Waals surface area contributed by atoms with E-state index in [1.54, 1.807) is 0 Å². The molecule has 0 radical (unpaired) electrons. The molecule has 2 amide bonds. The molecule has 0 aliphatic heterocycles. The summed E-state index contributed by atoms with van der Waals surface area (Å²) in [7, 11) is 0. The molecular formula is C22H30N4O2. The van der Waals surface area contributed by atoms with Crippen molar-refractivity contribution < 1.29 is 9.59 Å². The van der Waals surface area contributed by atoms with E-state index in [4.69, 9.17) is 0 Å². The van der Waals surface area contributed by atoms with E-state index < -0.39 is 11.8 Å². The first-order chi connectivity index (χ1) is 13.5. The van der Waals surface area contributed by atoms with Gasteiger partial charge in [0, 0.05) is 39.3 Å². The normalized spacial score (nSPS) is 10.5. The van der Waals surface area contributed by atoms with E-state index in [9.17, 15) is 9.59 Å². The minimum absolute atomic E-state index is 0.406. The topological polar surface area (TPSA) is 82.3 Å². The summed E-state index contributed by atoms with van der Waals surface area (Å²) in [5.41, 5.74) is 4.83. The molecule has 2 aromatic rings. The quantitative estimate of drug-likeness (QED) is 0.370. The van der Waals surface area contributed by atoms with Gasteiger partial charge in [-0.1, -0.05) is 59.7 Å². The maximum absolute atomic E-state index is 11.8. The summed E-state index contributed by atoms with van der Waals surface area (Å²) >= 11 is 0. The molecule has 0 aliphatic carbocycles. The average Bonchev–Trinajstić information content (AvgIpc) is 2.67. The van der Waals surface area contributed by atoms with E-state index in [0.29, 0.717) is 26.2 Å². The maximum atomic E-state index is 11.8. The zero-order valence-corrected chi connectivity index (χ0v) is 16.7. The molecule has 0 bridgehead atoms. The van der Waals surface area contributed by atoms with Crippen LogP contribution in [0.15, 0.2) is 48.5 Å². The van der Waals surface area contributed by atoms with E-state index in [-0.39, 0.29) is 0 Å². The molecule has 0 unspecified atom stereocenters. The molecule has 2 rings (SSSR count). The Labute approximate surface area is 167 Å². The van der Waals surface area contributed by atoms with Crippen LogP contribution >= 0.6 is 0 Å². The molecule has 0 aromatic heterocycles. The van der Waals surface area contributed by atoms with Crippen LogP contribution in [0.4, 0.5) is 0 Å². The highest BCUT2D eigenvalue weighted by atomic mass is 16.2. The second-order valence-corrected chi connectivity index (χ2v) is 6.84. The van der Waals surface area contributed by atoms with E-state index >= 15 is 0 Å². The lowest BCUT2D eigenvalue weighted by Crippen LogP contribution is -2.43. The third kappa shape index (κ3) is 8.33. The molecule has 0 saturated carbocycles. The Morgan fingerprint density at radius 1 is 0.679 bits per heavy atom. The monoisotopic (exact) mass is 382 g/mol. The summed E-state index contributed by atoms with van der Waals surface area (Å²) < 4.78 is 0. The molecule has 0 aliphatic rings. The van der Waals surface area contributed by atoms with Gasteiger partial charge in [0.15, 0.2) is 0 Å². The lowest BCUT2D eigenvalue weighted by molar-refractivity contribution is -0.139. The van der Waals surface area contributed by atoms with Gasteiger partial charge in [0.2, 0.25) is 0 Å². The Morgan fingerprint density at radius 2 is 1.11 bits per heavy atom. The molecule has 2 aromatic carbocycles. The largest absolute Gasteiger partial charge is 0.347 e. The molecule has 0 saturated heterocycles. The Morgan fingerprint density at radius 3 is 1.50 bits per heavy atom. The van der Waals surface area contributed by atoms with Gasteiger partial charge in [0.1, 0.15) is 0 Å². The molecule has 4 N–H and O–H groups in total. The summed E-state index contributed by atoms with van der Waals surface area (Å²) in [5, 5.41) is 11.7. The first-order valence-corrected chi connectivity index (χ1v) is 9.63. The molecule has 6 heteroatoms. The standard InChI is InChI=1S/C22H30N4O2/c1-17-5-3-7-19(13-17)15-23-9-11-25-21(27)22(28)26-12-10-24-16-20-8-4-6-18(2)14-20/h3-8,13-14,23-24H,9-12,15-16H2,1-2H3,(H,25,27)(H,26,28). The molecule has 6 nitrogen and oxygen atoms in total. The first-order valence-electron chi connectivity index (χ1n) is 9.63. The minimum atomic E-state index is -0.601. The Hall–Kier alpha value is -2.70. The van der Waals surface area contributed by atoms with Crippen molar-refractivity contribution in [3.8, 4) is 0 Å². The number of hydrogen-bond donors (Lipinski definition) is 4. The van der Waals surface area contributed by atoms with E-state index in [1.807, 2.05) is 12.1 Å². The molecular weight excluding hydrogens is 352 g/mol. The van der Waals surface area contributed by atoms with Crippen LogP contribution in [0, 0.1) is 13.8 Å². The van der Waals surface area contributed by atoms with Gasteiger partial charge in [-0.25, -0.2) is 0 Å². The summed E-state index contributed by atoms with van der Waals surface area (Å²) in [4.78, 5) is 23.5. The van der Waals surface area contributed by atoms with Gasteiger partial charge in [-0.3, -0.25) is 9.59 Å². The Balaban J connectivity index is 1.50. The minimum Gasteiger partial charge on any atom is -0.347 e. The number of carbonyl (C=O) groups excluding carboxylic acids is 2. The summed E-state index contributed by atoms with van der Waals surface area (Å²) in [6, 6.07) is 16.5. The van der Waals surface area contributed by atoms with Crippen LogP contribution in [0.25, 0.3) is 0 Å². The van der Waals surface area contributed by atoms with Crippen LogP contribution in [0.3, 0.4) is 0 Å². The van der Waals surface area contributed by atoms with Crippen LogP contribution in [0.2, 0.25) is 0 Å². The molecule has 0 spiro atoms. The fourth-order valence-corrected chi connectivity index (χ4v) is 2.80. The molecule has 0 atom stereocenters. The second-order valence-electron chi connectivity index (χ2n) is 6.84. The maximum Gasteiger partial charge on any atom is 0.309 e. The molecule has 0 fully saturated rings. The number of aryl methyl sites for hydroxylation is 2. The number of rotatable bonds is 10. The first kappa shape index (κ1) is 21.6. The van der Waals surface area contributed by atoms with Crippen molar-refractivity contribution in [3.63, 3.8) is 0 Å². The van der Waals surface area contributed by atoms with Crippen LogP contribution in [0.5, 0.6) is 0 Å². The highest BCUT2D eigenvalue weighted by Crippen LogP contribution is 2.03. The summed E-state index contributed by atoms with van der Waals surface area (Å²) in [5.74, 6) is -1.20. The van der Waals surface area contributed by atoms with Gasteiger partial charge in [-0.05, 0) is 25.0 Å². The van der Waals surface area contributed by atoms with Gasteiger partial charge >= 0.3 is 11.8 Å². The zero-order valence-electron chi connectivity index (χ0n) is 16.7. The predicted molar refractivity (Wildman–Crippen MR) is 112 cm³/mol. The van der Waals surface area contributed by atoms with Gasteiger partial charge in [0.05, 0.1) is 0 Å². The Kier molecular flexibility index (Phi) is 9.18. The van der Waals surface area contributed by atoms with Gasteiger partial charge in [-0.2, -0.15) is 0 Å². The Bertz CT molecular complexity index is 711. The summed E-state index contributed by atoms with van der Waals surface area (Å²) in [6.07, 6.45) is 0. The van der Waals surface area contributed by atoms with Crippen molar-refractivity contribution in [3.05, 3.63) is 70.8 Å². The molecule has 28 heavy (non-hydrogen) atoms. The van der Waals surface area contributed by atoms with E-state index in [0.717, 1.165) is 13.1 Å². The van der Waals surface area contributed by atoms with Crippen LogP contribution < -0.4 is 21.3 Å². The highest BCUT2D eigenvalue weighted by Gasteiger charge is 2.11. The number of benzene rings is 2. The van der Waals surface area contributed by atoms with E-state index in [2.05, 4.69) is 71.5 Å². The average molecular weight is 383 g/mol. The van der Waals surface area contributed by atoms with Crippen molar-refractivity contribution in [2.45, 2.75) is 26.9 Å². The van der Waals surface area contributed by atoms with Crippen molar-refractivity contribution in [2.24, 2.45) is 0 Å². The number of nitrogens with one attached hydrogen (secondary N) is 4. The molecule has 0 heterocycles. The van der Waals surface area contributed by atoms with Gasteiger partial charge < -0.3 is 21.3 Å². The van der Waals surface area contributed by atoms with Gasteiger partial charge in [-0.15, -0.1) is 0 Å². The van der Waals surface area contributed by atoms with Crippen LogP contribution in [-0.2, 0) is 22.7 Å². The van der Waals surface area contributed by atoms with Crippen molar-refractivity contribution in [1.29, 1.82) is 0 Å². The fraction of sp³-hybridized carbons (Fsp3) is 0.364. The van der Waals surface area contributed by atoms with E-state index in [1.165, 1.54) is 22.3 Å². The zero-order chi connectivity index (χ0) is 20.2. The smallest absolute Gasteiger partial charge is 0.309 e.